The molecule has 2 N–H and O–H groups in total. The Kier molecular flexibility index (Phi) is 2.74. The van der Waals surface area contributed by atoms with Gasteiger partial charge in [0.2, 0.25) is 5.91 Å². The van der Waals surface area contributed by atoms with Gasteiger partial charge in [0.1, 0.15) is 0 Å². The van der Waals surface area contributed by atoms with E-state index >= 15 is 0 Å². The van der Waals surface area contributed by atoms with Crippen molar-refractivity contribution in [2.75, 3.05) is 33.2 Å². The molecule has 2 saturated heterocycles. The largest absolute Gasteiger partial charge is 0.341 e. The summed E-state index contributed by atoms with van der Waals surface area (Å²) >= 11 is 0. The molecule has 0 aromatic carbocycles. The van der Waals surface area contributed by atoms with Crippen molar-refractivity contribution < 1.29 is 4.79 Å². The van der Waals surface area contributed by atoms with Gasteiger partial charge in [0, 0.05) is 25.7 Å². The van der Waals surface area contributed by atoms with Gasteiger partial charge >= 0.3 is 0 Å². The number of likely N-dealkylation sites (tertiary alicyclic amines) is 2. The molecule has 1 amide bonds. The Labute approximate surface area is 85.0 Å². The summed E-state index contributed by atoms with van der Waals surface area (Å²) in [5.74, 6) is 0.580. The lowest BCUT2D eigenvalue weighted by atomic mass is 9.92. The Morgan fingerprint density at radius 3 is 2.93 bits per heavy atom. The first kappa shape index (κ1) is 9.93. The van der Waals surface area contributed by atoms with Crippen molar-refractivity contribution in [3.63, 3.8) is 0 Å². The highest BCUT2D eigenvalue weighted by atomic mass is 16.2. The van der Waals surface area contributed by atoms with Gasteiger partial charge in [0.25, 0.3) is 0 Å². The molecule has 0 bridgehead atoms. The zero-order valence-electron chi connectivity index (χ0n) is 8.78. The van der Waals surface area contributed by atoms with Gasteiger partial charge in [-0.1, -0.05) is 0 Å². The molecule has 2 heterocycles. The van der Waals surface area contributed by atoms with Crippen LogP contribution < -0.4 is 5.73 Å². The molecule has 14 heavy (non-hydrogen) atoms. The SMILES string of the molecule is CN1CC[C@H]2C(=O)N(CCN)CC[C@@H]21. The number of piperidine rings is 1. The fraction of sp³-hybridized carbons (Fsp3) is 0.900. The van der Waals surface area contributed by atoms with Crippen LogP contribution >= 0.6 is 0 Å². The van der Waals surface area contributed by atoms with Crippen molar-refractivity contribution in [3.8, 4) is 0 Å². The number of carbonyl (C=O) groups excluding carboxylic acids is 1. The maximum absolute atomic E-state index is 12.0. The highest BCUT2D eigenvalue weighted by Crippen LogP contribution is 2.30. The van der Waals surface area contributed by atoms with Gasteiger partial charge in [-0.05, 0) is 26.4 Å². The van der Waals surface area contributed by atoms with E-state index in [2.05, 4.69) is 11.9 Å². The van der Waals surface area contributed by atoms with Gasteiger partial charge in [0.05, 0.1) is 5.92 Å². The lowest BCUT2D eigenvalue weighted by Gasteiger charge is -2.36. The summed E-state index contributed by atoms with van der Waals surface area (Å²) in [6.45, 7) is 3.27. The Balaban J connectivity index is 2.03. The minimum Gasteiger partial charge on any atom is -0.341 e. The number of carbonyl (C=O) groups is 1. The number of nitrogens with zero attached hydrogens (tertiary/aromatic N) is 2. The van der Waals surface area contributed by atoms with E-state index in [1.807, 2.05) is 4.90 Å². The van der Waals surface area contributed by atoms with E-state index in [1.54, 1.807) is 0 Å². The highest BCUT2D eigenvalue weighted by Gasteiger charge is 2.41. The van der Waals surface area contributed by atoms with Crippen LogP contribution in [-0.2, 0) is 4.79 Å². The second kappa shape index (κ2) is 3.87. The van der Waals surface area contributed by atoms with Crippen molar-refractivity contribution in [2.24, 2.45) is 11.7 Å². The Morgan fingerprint density at radius 2 is 2.21 bits per heavy atom. The molecule has 0 saturated carbocycles. The summed E-state index contributed by atoms with van der Waals surface area (Å²) in [5, 5.41) is 0. The van der Waals surface area contributed by atoms with E-state index in [1.165, 1.54) is 0 Å². The fourth-order valence-corrected chi connectivity index (χ4v) is 2.73. The average molecular weight is 197 g/mol. The third kappa shape index (κ3) is 1.53. The van der Waals surface area contributed by atoms with Gasteiger partial charge in [0.15, 0.2) is 0 Å². The number of hydrogen-bond donors (Lipinski definition) is 1. The van der Waals surface area contributed by atoms with Crippen LogP contribution in [-0.4, -0.2) is 55.0 Å². The molecule has 0 aromatic heterocycles. The average Bonchev–Trinajstić information content (AvgIpc) is 2.54. The van der Waals surface area contributed by atoms with Crippen LogP contribution in [0.2, 0.25) is 0 Å². The quantitative estimate of drug-likeness (QED) is 0.649. The standard InChI is InChI=1S/C10H19N3O/c1-12-5-2-8-9(12)3-6-13(7-4-11)10(8)14/h8-9H,2-7,11H2,1H3/t8-,9+/m1/s1. The topological polar surface area (TPSA) is 49.6 Å². The molecule has 4 nitrogen and oxygen atoms in total. The van der Waals surface area contributed by atoms with Gasteiger partial charge < -0.3 is 15.5 Å². The van der Waals surface area contributed by atoms with Crippen LogP contribution in [0.5, 0.6) is 0 Å². The normalized spacial score (nSPS) is 33.6. The van der Waals surface area contributed by atoms with Crippen LogP contribution in [0.3, 0.4) is 0 Å². The first-order valence-corrected chi connectivity index (χ1v) is 5.43. The van der Waals surface area contributed by atoms with E-state index in [-0.39, 0.29) is 5.92 Å². The number of nitrogens with two attached hydrogens (primary N) is 1. The Morgan fingerprint density at radius 1 is 1.43 bits per heavy atom. The highest BCUT2D eigenvalue weighted by molar-refractivity contribution is 5.80. The van der Waals surface area contributed by atoms with E-state index in [9.17, 15) is 4.79 Å². The lowest BCUT2D eigenvalue weighted by molar-refractivity contribution is -0.139. The molecule has 0 aliphatic carbocycles. The van der Waals surface area contributed by atoms with Gasteiger partial charge in [-0.25, -0.2) is 0 Å². The molecular weight excluding hydrogens is 178 g/mol. The molecule has 2 aliphatic heterocycles. The minimum atomic E-state index is 0.250. The van der Waals surface area contributed by atoms with Crippen LogP contribution in [0, 0.1) is 5.92 Å². The van der Waals surface area contributed by atoms with Crippen LogP contribution in [0.25, 0.3) is 0 Å². The van der Waals surface area contributed by atoms with Crippen molar-refractivity contribution in [3.05, 3.63) is 0 Å². The van der Waals surface area contributed by atoms with Crippen LogP contribution in [0.1, 0.15) is 12.8 Å². The predicted octanol–water partition coefficient (Wildman–Crippen LogP) is -0.502. The smallest absolute Gasteiger partial charge is 0.227 e. The zero-order valence-corrected chi connectivity index (χ0v) is 8.78. The third-order valence-corrected chi connectivity index (χ3v) is 3.55. The Hall–Kier alpha value is -0.610. The number of rotatable bonds is 2. The first-order valence-electron chi connectivity index (χ1n) is 5.43. The maximum Gasteiger partial charge on any atom is 0.227 e. The molecular formula is C10H19N3O. The number of hydrogen-bond acceptors (Lipinski definition) is 3. The summed E-state index contributed by atoms with van der Waals surface area (Å²) < 4.78 is 0. The van der Waals surface area contributed by atoms with Crippen LogP contribution in [0.4, 0.5) is 0 Å². The van der Waals surface area contributed by atoms with E-state index in [0.29, 0.717) is 18.5 Å². The van der Waals surface area contributed by atoms with E-state index in [4.69, 9.17) is 5.73 Å². The molecule has 80 valence electrons. The summed E-state index contributed by atoms with van der Waals surface area (Å²) in [4.78, 5) is 16.2. The maximum atomic E-state index is 12.0. The lowest BCUT2D eigenvalue weighted by Crippen LogP contribution is -2.50. The van der Waals surface area contributed by atoms with Crippen molar-refractivity contribution in [1.82, 2.24) is 9.80 Å². The molecule has 2 fully saturated rings. The monoisotopic (exact) mass is 197 g/mol. The zero-order chi connectivity index (χ0) is 10.1. The summed E-state index contributed by atoms with van der Waals surface area (Å²) in [6.07, 6.45) is 2.15. The van der Waals surface area contributed by atoms with E-state index < -0.39 is 0 Å². The first-order chi connectivity index (χ1) is 6.74. The van der Waals surface area contributed by atoms with Gasteiger partial charge in [-0.2, -0.15) is 0 Å². The number of fused-ring (bicyclic) bond motifs is 1. The molecule has 0 spiro atoms. The van der Waals surface area contributed by atoms with Gasteiger partial charge in [-0.3, -0.25) is 4.79 Å². The number of amides is 1. The van der Waals surface area contributed by atoms with Gasteiger partial charge in [-0.15, -0.1) is 0 Å². The predicted molar refractivity (Wildman–Crippen MR) is 54.8 cm³/mol. The minimum absolute atomic E-state index is 0.250. The summed E-state index contributed by atoms with van der Waals surface area (Å²) in [7, 11) is 2.12. The molecule has 0 radical (unpaired) electrons. The van der Waals surface area contributed by atoms with Crippen LogP contribution in [0.15, 0.2) is 0 Å². The second-order valence-corrected chi connectivity index (χ2v) is 4.35. The second-order valence-electron chi connectivity index (χ2n) is 4.35. The fourth-order valence-electron chi connectivity index (χ4n) is 2.73. The molecule has 0 aromatic rings. The summed E-state index contributed by atoms with van der Waals surface area (Å²) in [6, 6.07) is 0.497. The Bertz CT molecular complexity index is 231. The molecule has 2 atom stereocenters. The van der Waals surface area contributed by atoms with E-state index in [0.717, 1.165) is 32.5 Å². The molecule has 4 heteroatoms. The molecule has 2 aliphatic rings. The summed E-state index contributed by atoms with van der Waals surface area (Å²) in [5.41, 5.74) is 5.48. The third-order valence-electron chi connectivity index (χ3n) is 3.55. The van der Waals surface area contributed by atoms with Crippen molar-refractivity contribution in [2.45, 2.75) is 18.9 Å². The molecule has 0 unspecified atom stereocenters. The van der Waals surface area contributed by atoms with Crippen molar-refractivity contribution in [1.29, 1.82) is 0 Å². The molecule has 2 rings (SSSR count). The van der Waals surface area contributed by atoms with Crippen molar-refractivity contribution >= 4 is 5.91 Å².